The number of rotatable bonds is 5. The zero-order chi connectivity index (χ0) is 12.4. The predicted molar refractivity (Wildman–Crippen MR) is 65.4 cm³/mol. The average molecular weight is 237 g/mol. The summed E-state index contributed by atoms with van der Waals surface area (Å²) in [6.45, 7) is 4.95. The highest BCUT2D eigenvalue weighted by Gasteiger charge is 2.35. The van der Waals surface area contributed by atoms with E-state index in [1.165, 1.54) is 0 Å². The lowest BCUT2D eigenvalue weighted by Gasteiger charge is -2.05. The van der Waals surface area contributed by atoms with Crippen LogP contribution in [0.2, 0.25) is 0 Å². The van der Waals surface area contributed by atoms with E-state index in [9.17, 15) is 4.79 Å². The van der Waals surface area contributed by atoms with Gasteiger partial charge in [0.15, 0.2) is 5.69 Å². The van der Waals surface area contributed by atoms with Crippen molar-refractivity contribution in [2.75, 3.05) is 19.0 Å². The molecular weight excluding hydrogens is 218 g/mol. The van der Waals surface area contributed by atoms with Gasteiger partial charge in [-0.1, -0.05) is 0 Å². The molecule has 5 heteroatoms. The van der Waals surface area contributed by atoms with E-state index < -0.39 is 0 Å². The zero-order valence-corrected chi connectivity index (χ0v) is 10.6. The Labute approximate surface area is 101 Å². The molecule has 0 aromatic carbocycles. The Morgan fingerprint density at radius 3 is 2.71 bits per heavy atom. The Morgan fingerprint density at radius 2 is 2.24 bits per heavy atom. The van der Waals surface area contributed by atoms with Crippen molar-refractivity contribution in [3.05, 3.63) is 11.3 Å². The number of ether oxygens (including phenoxy) is 1. The quantitative estimate of drug-likeness (QED) is 0.796. The van der Waals surface area contributed by atoms with E-state index in [1.807, 2.05) is 25.6 Å². The lowest BCUT2D eigenvalue weighted by atomic mass is 10.1. The number of carbonyl (C=O) groups is 1. The third-order valence-electron chi connectivity index (χ3n) is 2.98. The first kappa shape index (κ1) is 12.0. The molecule has 0 radical (unpaired) electrons. The van der Waals surface area contributed by atoms with E-state index >= 15 is 0 Å². The van der Waals surface area contributed by atoms with Crippen LogP contribution in [0.3, 0.4) is 0 Å². The fraction of sp³-hybridized carbons (Fsp3) is 0.667. The van der Waals surface area contributed by atoms with Gasteiger partial charge in [-0.15, -0.1) is 0 Å². The van der Waals surface area contributed by atoms with Crippen molar-refractivity contribution in [3.8, 4) is 0 Å². The molecule has 0 saturated heterocycles. The van der Waals surface area contributed by atoms with Crippen LogP contribution in [0, 0.1) is 0 Å². The molecule has 1 aliphatic rings. The Bertz CT molecular complexity index is 422. The third-order valence-corrected chi connectivity index (χ3v) is 2.98. The number of aromatic nitrogens is 2. The standard InChI is InChI=1S/C12H19N3O2/c1-4-15-11(13-3)9(8-6-7-8)10(14-15)12(16)17-5-2/h8,13H,4-7H2,1-3H3. The molecule has 0 spiro atoms. The van der Waals surface area contributed by atoms with Crippen molar-refractivity contribution >= 4 is 11.8 Å². The van der Waals surface area contributed by atoms with Gasteiger partial charge in [-0.05, 0) is 32.6 Å². The molecule has 1 aliphatic carbocycles. The number of nitrogens with zero attached hydrogens (tertiary/aromatic N) is 2. The van der Waals surface area contributed by atoms with Gasteiger partial charge >= 0.3 is 5.97 Å². The minimum Gasteiger partial charge on any atom is -0.461 e. The smallest absolute Gasteiger partial charge is 0.359 e. The van der Waals surface area contributed by atoms with Gasteiger partial charge in [0.05, 0.1) is 6.61 Å². The first-order valence-electron chi connectivity index (χ1n) is 6.18. The predicted octanol–water partition coefficient (Wildman–Crippen LogP) is 2.00. The van der Waals surface area contributed by atoms with Crippen LogP contribution in [-0.4, -0.2) is 29.4 Å². The minimum atomic E-state index is -0.307. The highest BCUT2D eigenvalue weighted by molar-refractivity contribution is 5.91. The van der Waals surface area contributed by atoms with Crippen molar-refractivity contribution in [2.45, 2.75) is 39.2 Å². The van der Waals surface area contributed by atoms with E-state index in [-0.39, 0.29) is 5.97 Å². The molecule has 1 N–H and O–H groups in total. The lowest BCUT2D eigenvalue weighted by Crippen LogP contribution is -2.08. The van der Waals surface area contributed by atoms with Gasteiger partial charge in [0.2, 0.25) is 0 Å². The van der Waals surface area contributed by atoms with Crippen molar-refractivity contribution in [1.82, 2.24) is 9.78 Å². The summed E-state index contributed by atoms with van der Waals surface area (Å²) in [7, 11) is 1.87. The summed E-state index contributed by atoms with van der Waals surface area (Å²) in [6, 6.07) is 0. The summed E-state index contributed by atoms with van der Waals surface area (Å²) in [4.78, 5) is 11.9. The van der Waals surface area contributed by atoms with Crippen LogP contribution in [0.5, 0.6) is 0 Å². The molecule has 0 amide bonds. The Balaban J connectivity index is 2.42. The summed E-state index contributed by atoms with van der Waals surface area (Å²) in [5.74, 6) is 1.12. The molecule has 1 saturated carbocycles. The maximum absolute atomic E-state index is 11.9. The Morgan fingerprint density at radius 1 is 1.53 bits per heavy atom. The number of hydrogen-bond donors (Lipinski definition) is 1. The van der Waals surface area contributed by atoms with Gasteiger partial charge in [-0.3, -0.25) is 0 Å². The highest BCUT2D eigenvalue weighted by atomic mass is 16.5. The number of aryl methyl sites for hydroxylation is 1. The second-order valence-electron chi connectivity index (χ2n) is 4.17. The van der Waals surface area contributed by atoms with Crippen LogP contribution in [0.25, 0.3) is 0 Å². The van der Waals surface area contributed by atoms with Gasteiger partial charge in [-0.25, -0.2) is 9.48 Å². The molecule has 5 nitrogen and oxygen atoms in total. The molecule has 2 rings (SSSR count). The Hall–Kier alpha value is -1.52. The molecule has 1 fully saturated rings. The van der Waals surface area contributed by atoms with Crippen molar-refractivity contribution in [3.63, 3.8) is 0 Å². The maximum atomic E-state index is 11.9. The van der Waals surface area contributed by atoms with E-state index in [2.05, 4.69) is 10.4 Å². The van der Waals surface area contributed by atoms with Crippen LogP contribution in [0.1, 0.15) is 48.7 Å². The average Bonchev–Trinajstić information content (AvgIpc) is 3.09. The van der Waals surface area contributed by atoms with Gasteiger partial charge in [0.1, 0.15) is 5.82 Å². The molecule has 17 heavy (non-hydrogen) atoms. The van der Waals surface area contributed by atoms with Gasteiger partial charge in [0, 0.05) is 19.2 Å². The lowest BCUT2D eigenvalue weighted by molar-refractivity contribution is 0.0517. The monoisotopic (exact) mass is 237 g/mol. The van der Waals surface area contributed by atoms with E-state index in [1.54, 1.807) is 0 Å². The van der Waals surface area contributed by atoms with Crippen molar-refractivity contribution in [2.24, 2.45) is 0 Å². The molecule has 94 valence electrons. The summed E-state index contributed by atoms with van der Waals surface area (Å²) in [5, 5.41) is 7.51. The second kappa shape index (κ2) is 4.77. The summed E-state index contributed by atoms with van der Waals surface area (Å²) in [6.07, 6.45) is 2.27. The third kappa shape index (κ3) is 2.14. The summed E-state index contributed by atoms with van der Waals surface area (Å²) < 4.78 is 6.89. The number of carbonyl (C=O) groups excluding carboxylic acids is 1. The number of hydrogen-bond acceptors (Lipinski definition) is 4. The summed E-state index contributed by atoms with van der Waals surface area (Å²) >= 11 is 0. The fourth-order valence-electron chi connectivity index (χ4n) is 2.08. The van der Waals surface area contributed by atoms with Gasteiger partial charge in [0.25, 0.3) is 0 Å². The topological polar surface area (TPSA) is 56.1 Å². The maximum Gasteiger partial charge on any atom is 0.359 e. The van der Waals surface area contributed by atoms with E-state index in [0.717, 1.165) is 30.8 Å². The minimum absolute atomic E-state index is 0.307. The van der Waals surface area contributed by atoms with Crippen LogP contribution < -0.4 is 5.32 Å². The van der Waals surface area contributed by atoms with E-state index in [0.29, 0.717) is 18.2 Å². The molecule has 0 atom stereocenters. The van der Waals surface area contributed by atoms with Crippen LogP contribution in [-0.2, 0) is 11.3 Å². The summed E-state index contributed by atoms with van der Waals surface area (Å²) in [5.41, 5.74) is 1.52. The molecule has 0 aliphatic heterocycles. The van der Waals surface area contributed by atoms with Crippen LogP contribution in [0.4, 0.5) is 5.82 Å². The first-order valence-corrected chi connectivity index (χ1v) is 6.18. The molecule has 1 heterocycles. The number of anilines is 1. The fourth-order valence-corrected chi connectivity index (χ4v) is 2.08. The van der Waals surface area contributed by atoms with Crippen LogP contribution >= 0.6 is 0 Å². The Kier molecular flexibility index (Phi) is 3.36. The molecule has 1 aromatic heterocycles. The number of nitrogens with one attached hydrogen (secondary N) is 1. The first-order chi connectivity index (χ1) is 8.22. The zero-order valence-electron chi connectivity index (χ0n) is 10.6. The van der Waals surface area contributed by atoms with Gasteiger partial charge in [-0.2, -0.15) is 5.10 Å². The molecule has 0 unspecified atom stereocenters. The SMILES string of the molecule is CCOC(=O)c1nn(CC)c(NC)c1C1CC1. The van der Waals surface area contributed by atoms with E-state index in [4.69, 9.17) is 4.74 Å². The van der Waals surface area contributed by atoms with Gasteiger partial charge < -0.3 is 10.1 Å². The van der Waals surface area contributed by atoms with Crippen molar-refractivity contribution < 1.29 is 9.53 Å². The molecule has 0 bridgehead atoms. The molecule has 1 aromatic rings. The van der Waals surface area contributed by atoms with Crippen LogP contribution in [0.15, 0.2) is 0 Å². The second-order valence-corrected chi connectivity index (χ2v) is 4.17. The number of esters is 1. The molecular formula is C12H19N3O2. The van der Waals surface area contributed by atoms with Crippen molar-refractivity contribution in [1.29, 1.82) is 0 Å². The largest absolute Gasteiger partial charge is 0.461 e. The highest BCUT2D eigenvalue weighted by Crippen LogP contribution is 2.45. The normalized spacial score (nSPS) is 14.8.